The summed E-state index contributed by atoms with van der Waals surface area (Å²) in [6, 6.07) is 14.6. The molecule has 2 unspecified atom stereocenters. The molecule has 2 aromatic rings. The Morgan fingerprint density at radius 3 is 2.46 bits per heavy atom. The van der Waals surface area contributed by atoms with Crippen LogP contribution in [0, 0.1) is 0 Å². The molecule has 1 N–H and O–H groups in total. The molecule has 0 aliphatic rings. The van der Waals surface area contributed by atoms with Gasteiger partial charge in [-0.1, -0.05) is 30.3 Å². The van der Waals surface area contributed by atoms with E-state index in [1.165, 1.54) is 0 Å². The number of halogens is 3. The number of rotatable bonds is 15. The molecule has 0 saturated carbocycles. The van der Waals surface area contributed by atoms with Gasteiger partial charge in [0.05, 0.1) is 13.2 Å². The van der Waals surface area contributed by atoms with Crippen LogP contribution in [0.4, 0.5) is 13.2 Å². The molecule has 2 aromatic carbocycles. The highest BCUT2D eigenvalue weighted by molar-refractivity contribution is 5.83. The first-order chi connectivity index (χ1) is 16.5. The van der Waals surface area contributed by atoms with E-state index >= 15 is 0 Å². The first kappa shape index (κ1) is 28.1. The van der Waals surface area contributed by atoms with Crippen LogP contribution < -0.4 is 9.47 Å². The van der Waals surface area contributed by atoms with Gasteiger partial charge in [-0.05, 0) is 62.7 Å². The quantitative estimate of drug-likeness (QED) is 0.375. The molecule has 0 saturated heterocycles. The number of para-hydroxylation sites is 1. The number of carbonyl (C=O) groups excluding carboxylic acids is 1. The number of aliphatic carboxylic acids is 1. The van der Waals surface area contributed by atoms with E-state index in [2.05, 4.69) is 0 Å². The Balaban J connectivity index is 2.17. The summed E-state index contributed by atoms with van der Waals surface area (Å²) in [5, 5.41) is 9.07. The lowest BCUT2D eigenvalue weighted by Gasteiger charge is -2.30. The standard InChI is InChI=1S/C25H30F3NO6/c1-29(2)14-13-21(35-25(28,23(31)32)24(26,27)17-30)16-34-22-10-5-4-8-19(22)12-11-18-7-6-9-20(15-18)33-3/h4-10,15,17,21H,11-14,16H2,1-3H3,(H,31,32). The van der Waals surface area contributed by atoms with Crippen molar-refractivity contribution in [3.63, 3.8) is 0 Å². The molecular formula is C25H30F3NO6. The average Bonchev–Trinajstić information content (AvgIpc) is 2.84. The molecule has 35 heavy (non-hydrogen) atoms. The van der Waals surface area contributed by atoms with Crippen LogP contribution in [0.15, 0.2) is 48.5 Å². The van der Waals surface area contributed by atoms with Gasteiger partial charge in [-0.25, -0.2) is 4.79 Å². The van der Waals surface area contributed by atoms with Crippen LogP contribution in [-0.2, 0) is 27.2 Å². The van der Waals surface area contributed by atoms with E-state index in [0.29, 0.717) is 18.6 Å². The van der Waals surface area contributed by atoms with Crippen LogP contribution in [0.3, 0.4) is 0 Å². The summed E-state index contributed by atoms with van der Waals surface area (Å²) in [4.78, 5) is 23.7. The fraction of sp³-hybridized carbons (Fsp3) is 0.440. The Bertz CT molecular complexity index is 987. The van der Waals surface area contributed by atoms with Crippen molar-refractivity contribution >= 4 is 12.3 Å². The van der Waals surface area contributed by atoms with E-state index in [9.17, 15) is 22.8 Å². The molecule has 2 rings (SSSR count). The van der Waals surface area contributed by atoms with Crippen molar-refractivity contribution in [2.24, 2.45) is 0 Å². The third-order valence-corrected chi connectivity index (χ3v) is 5.29. The van der Waals surface area contributed by atoms with E-state index in [4.69, 9.17) is 19.3 Å². The Morgan fingerprint density at radius 1 is 1.11 bits per heavy atom. The van der Waals surface area contributed by atoms with Crippen LogP contribution in [0.2, 0.25) is 0 Å². The van der Waals surface area contributed by atoms with Crippen LogP contribution >= 0.6 is 0 Å². The number of nitrogens with zero attached hydrogens (tertiary/aromatic N) is 1. The zero-order valence-electron chi connectivity index (χ0n) is 19.9. The first-order valence-electron chi connectivity index (χ1n) is 10.9. The maximum Gasteiger partial charge on any atom is 0.378 e. The van der Waals surface area contributed by atoms with Crippen molar-refractivity contribution in [2.75, 3.05) is 34.4 Å². The summed E-state index contributed by atoms with van der Waals surface area (Å²) in [6.45, 7) is -0.133. The van der Waals surface area contributed by atoms with E-state index < -0.39 is 36.7 Å². The number of hydrogen-bond donors (Lipinski definition) is 1. The number of alkyl halides is 3. The first-order valence-corrected chi connectivity index (χ1v) is 10.9. The summed E-state index contributed by atoms with van der Waals surface area (Å²) in [7, 11) is 4.98. The number of carbonyl (C=O) groups is 2. The SMILES string of the molecule is COc1cccc(CCc2ccccc2OCC(CCN(C)C)OC(F)(C(=O)O)C(F)(F)C=O)c1. The summed E-state index contributed by atoms with van der Waals surface area (Å²) < 4.78 is 58.2. The predicted octanol–water partition coefficient (Wildman–Crippen LogP) is 3.78. The predicted molar refractivity (Wildman–Crippen MR) is 123 cm³/mol. The molecule has 0 aromatic heterocycles. The lowest BCUT2D eigenvalue weighted by molar-refractivity contribution is -0.277. The van der Waals surface area contributed by atoms with E-state index in [1.54, 1.807) is 38.2 Å². The van der Waals surface area contributed by atoms with Crippen molar-refractivity contribution in [1.29, 1.82) is 0 Å². The number of carboxylic acid groups (broad SMARTS) is 1. The van der Waals surface area contributed by atoms with Gasteiger partial charge >= 0.3 is 17.7 Å². The summed E-state index contributed by atoms with van der Waals surface area (Å²) in [5.74, 6) is -10.8. The third kappa shape index (κ3) is 7.69. The van der Waals surface area contributed by atoms with E-state index in [0.717, 1.165) is 16.9 Å². The molecule has 192 valence electrons. The van der Waals surface area contributed by atoms with E-state index in [-0.39, 0.29) is 13.0 Å². The lowest BCUT2D eigenvalue weighted by Crippen LogP contribution is -2.56. The van der Waals surface area contributed by atoms with Gasteiger partial charge in [0.15, 0.2) is 6.29 Å². The number of ether oxygens (including phenoxy) is 3. The van der Waals surface area contributed by atoms with Crippen molar-refractivity contribution < 1.29 is 42.1 Å². The topological polar surface area (TPSA) is 85.3 Å². The highest BCUT2D eigenvalue weighted by Gasteiger charge is 2.64. The largest absolute Gasteiger partial charge is 0.497 e. The molecule has 0 bridgehead atoms. The fourth-order valence-corrected chi connectivity index (χ4v) is 3.30. The van der Waals surface area contributed by atoms with Crippen molar-refractivity contribution in [2.45, 2.75) is 37.1 Å². The second kappa shape index (κ2) is 12.6. The molecule has 0 amide bonds. The summed E-state index contributed by atoms with van der Waals surface area (Å²) >= 11 is 0. The fourth-order valence-electron chi connectivity index (χ4n) is 3.30. The minimum Gasteiger partial charge on any atom is -0.497 e. The van der Waals surface area contributed by atoms with Gasteiger partial charge in [-0.3, -0.25) is 4.79 Å². The zero-order chi connectivity index (χ0) is 26.1. The number of methoxy groups -OCH3 is 1. The molecule has 0 fully saturated rings. The summed E-state index contributed by atoms with van der Waals surface area (Å²) in [5.41, 5.74) is 1.84. The number of hydrogen-bond acceptors (Lipinski definition) is 6. The Kier molecular flexibility index (Phi) is 10.1. The van der Waals surface area contributed by atoms with Gasteiger partial charge in [-0.2, -0.15) is 13.2 Å². The highest BCUT2D eigenvalue weighted by Crippen LogP contribution is 2.34. The molecule has 0 radical (unpaired) electrons. The number of benzene rings is 2. The van der Waals surface area contributed by atoms with Crippen LogP contribution in [0.5, 0.6) is 11.5 Å². The molecule has 0 aliphatic carbocycles. The number of carboxylic acids is 1. The van der Waals surface area contributed by atoms with Crippen molar-refractivity contribution in [1.82, 2.24) is 4.90 Å². The van der Waals surface area contributed by atoms with Gasteiger partial charge < -0.3 is 24.2 Å². The number of aldehydes is 1. The Hall–Kier alpha value is -3.11. The molecule has 0 heterocycles. The molecule has 0 aliphatic heterocycles. The van der Waals surface area contributed by atoms with Crippen LogP contribution in [-0.4, -0.2) is 74.5 Å². The second-order valence-corrected chi connectivity index (χ2v) is 8.24. The molecule has 10 heteroatoms. The van der Waals surface area contributed by atoms with Crippen molar-refractivity contribution in [3.05, 3.63) is 59.7 Å². The molecular weight excluding hydrogens is 467 g/mol. The van der Waals surface area contributed by atoms with Crippen LogP contribution in [0.25, 0.3) is 0 Å². The van der Waals surface area contributed by atoms with Crippen molar-refractivity contribution in [3.8, 4) is 11.5 Å². The maximum atomic E-state index is 14.8. The second-order valence-electron chi connectivity index (χ2n) is 8.24. The van der Waals surface area contributed by atoms with Gasteiger partial charge in [0.25, 0.3) is 0 Å². The smallest absolute Gasteiger partial charge is 0.378 e. The zero-order valence-corrected chi connectivity index (χ0v) is 19.9. The Morgan fingerprint density at radius 2 is 1.83 bits per heavy atom. The monoisotopic (exact) mass is 497 g/mol. The lowest BCUT2D eigenvalue weighted by atomic mass is 10.0. The third-order valence-electron chi connectivity index (χ3n) is 5.29. The van der Waals surface area contributed by atoms with E-state index in [1.807, 2.05) is 36.4 Å². The van der Waals surface area contributed by atoms with Gasteiger partial charge in [0.1, 0.15) is 18.1 Å². The maximum absolute atomic E-state index is 14.8. The Labute approximate surface area is 202 Å². The normalized spacial score (nSPS) is 14.3. The summed E-state index contributed by atoms with van der Waals surface area (Å²) in [6.07, 6.45) is -1.23. The minimum atomic E-state index is -4.89. The average molecular weight is 498 g/mol. The van der Waals surface area contributed by atoms with Gasteiger partial charge in [-0.15, -0.1) is 0 Å². The van der Waals surface area contributed by atoms with Gasteiger partial charge in [0.2, 0.25) is 0 Å². The molecule has 7 nitrogen and oxygen atoms in total. The molecule has 0 spiro atoms. The van der Waals surface area contributed by atoms with Crippen LogP contribution in [0.1, 0.15) is 17.5 Å². The van der Waals surface area contributed by atoms with Gasteiger partial charge in [0, 0.05) is 6.54 Å². The number of aryl methyl sites for hydroxylation is 2. The highest BCUT2D eigenvalue weighted by atomic mass is 19.3. The molecule has 2 atom stereocenters. The minimum absolute atomic E-state index is 0.0210.